The van der Waals surface area contributed by atoms with Crippen molar-refractivity contribution in [3.63, 3.8) is 0 Å². The highest BCUT2D eigenvalue weighted by Gasteiger charge is 2.21. The predicted octanol–water partition coefficient (Wildman–Crippen LogP) is 4.31. The smallest absolute Gasteiger partial charge is 0.124 e. The highest BCUT2D eigenvalue weighted by molar-refractivity contribution is 6.31. The summed E-state index contributed by atoms with van der Waals surface area (Å²) in [5.74, 6) is -0.304. The Morgan fingerprint density at radius 2 is 2.05 bits per heavy atom. The number of rotatable bonds is 6. The van der Waals surface area contributed by atoms with Gasteiger partial charge in [-0.1, -0.05) is 24.6 Å². The molecule has 1 N–H and O–H groups in total. The second kappa shape index (κ2) is 7.96. The van der Waals surface area contributed by atoms with E-state index in [4.69, 9.17) is 16.3 Å². The van der Waals surface area contributed by atoms with E-state index >= 15 is 0 Å². The number of nitrogens with one attached hydrogen (secondary N) is 1. The van der Waals surface area contributed by atoms with Crippen LogP contribution in [0.3, 0.4) is 0 Å². The van der Waals surface area contributed by atoms with E-state index in [1.54, 1.807) is 6.07 Å². The fraction of sp³-hybridized carbons (Fsp3) is 0.625. The summed E-state index contributed by atoms with van der Waals surface area (Å²) in [6.45, 7) is 3.76. The molecular weight excluding hydrogens is 277 g/mol. The van der Waals surface area contributed by atoms with Crippen molar-refractivity contribution < 1.29 is 9.13 Å². The van der Waals surface area contributed by atoms with Crippen LogP contribution in [-0.2, 0) is 11.3 Å². The Labute approximate surface area is 125 Å². The number of benzene rings is 1. The van der Waals surface area contributed by atoms with E-state index in [-0.39, 0.29) is 5.82 Å². The third-order valence-corrected chi connectivity index (χ3v) is 4.20. The van der Waals surface area contributed by atoms with Gasteiger partial charge in [-0.05, 0) is 56.3 Å². The van der Waals surface area contributed by atoms with Crippen molar-refractivity contribution in [2.45, 2.75) is 57.8 Å². The lowest BCUT2D eigenvalue weighted by Gasteiger charge is -2.29. The first-order chi connectivity index (χ1) is 9.69. The van der Waals surface area contributed by atoms with E-state index in [2.05, 4.69) is 12.2 Å². The van der Waals surface area contributed by atoms with Gasteiger partial charge in [-0.25, -0.2) is 4.39 Å². The van der Waals surface area contributed by atoms with Crippen LogP contribution in [0, 0.1) is 5.82 Å². The van der Waals surface area contributed by atoms with Crippen LogP contribution in [0.15, 0.2) is 18.2 Å². The van der Waals surface area contributed by atoms with Crippen LogP contribution in [0.5, 0.6) is 0 Å². The number of ether oxygens (including phenoxy) is 1. The van der Waals surface area contributed by atoms with Crippen molar-refractivity contribution in [2.75, 3.05) is 6.54 Å². The molecule has 0 atom stereocenters. The minimum atomic E-state index is -0.304. The zero-order valence-electron chi connectivity index (χ0n) is 12.0. The Morgan fingerprint density at radius 1 is 1.30 bits per heavy atom. The van der Waals surface area contributed by atoms with Crippen LogP contribution in [0.25, 0.3) is 0 Å². The van der Waals surface area contributed by atoms with Gasteiger partial charge < -0.3 is 10.1 Å². The topological polar surface area (TPSA) is 21.3 Å². The summed E-state index contributed by atoms with van der Waals surface area (Å²) in [5, 5.41) is 4.01. The molecule has 4 heteroatoms. The second-order valence-corrected chi connectivity index (χ2v) is 5.88. The molecule has 1 aromatic carbocycles. The number of halogens is 2. The predicted molar refractivity (Wildman–Crippen MR) is 80.5 cm³/mol. The van der Waals surface area contributed by atoms with Crippen molar-refractivity contribution in [1.82, 2.24) is 5.32 Å². The molecular formula is C16H23ClFNO. The third-order valence-electron chi connectivity index (χ3n) is 3.85. The van der Waals surface area contributed by atoms with E-state index in [0.717, 1.165) is 24.9 Å². The maximum atomic E-state index is 13.0. The number of hydrogen-bond donors (Lipinski definition) is 1. The zero-order valence-corrected chi connectivity index (χ0v) is 12.8. The fourth-order valence-corrected chi connectivity index (χ4v) is 2.85. The summed E-state index contributed by atoms with van der Waals surface area (Å²) < 4.78 is 18.9. The van der Waals surface area contributed by atoms with E-state index in [1.807, 2.05) is 0 Å². The molecule has 1 saturated carbocycles. The Kier molecular flexibility index (Phi) is 6.27. The van der Waals surface area contributed by atoms with Crippen molar-refractivity contribution in [3.8, 4) is 0 Å². The standard InChI is InChI=1S/C16H23ClFNO/c1-2-9-19-14-5-7-15(8-6-14)20-11-12-3-4-13(18)10-16(12)17/h3-4,10,14-15,19H,2,5-9,11H2,1H3. The lowest BCUT2D eigenvalue weighted by Crippen LogP contribution is -2.35. The lowest BCUT2D eigenvalue weighted by atomic mass is 9.93. The van der Waals surface area contributed by atoms with Crippen LogP contribution in [-0.4, -0.2) is 18.7 Å². The van der Waals surface area contributed by atoms with E-state index in [9.17, 15) is 4.39 Å². The molecule has 0 radical (unpaired) electrons. The molecule has 1 aliphatic carbocycles. The molecule has 0 bridgehead atoms. The van der Waals surface area contributed by atoms with Crippen LogP contribution in [0.1, 0.15) is 44.6 Å². The summed E-state index contributed by atoms with van der Waals surface area (Å²) in [6, 6.07) is 5.11. The van der Waals surface area contributed by atoms with Crippen molar-refractivity contribution in [2.24, 2.45) is 0 Å². The molecule has 0 spiro atoms. The summed E-state index contributed by atoms with van der Waals surface area (Å²) >= 11 is 6.00. The Morgan fingerprint density at radius 3 is 2.70 bits per heavy atom. The Hall–Kier alpha value is -0.640. The molecule has 1 aromatic rings. The molecule has 0 saturated heterocycles. The minimum absolute atomic E-state index is 0.302. The van der Waals surface area contributed by atoms with Gasteiger partial charge in [0, 0.05) is 11.1 Å². The van der Waals surface area contributed by atoms with Gasteiger partial charge in [-0.3, -0.25) is 0 Å². The fourth-order valence-electron chi connectivity index (χ4n) is 2.63. The first-order valence-electron chi connectivity index (χ1n) is 7.48. The molecule has 0 amide bonds. The van der Waals surface area contributed by atoms with Crippen LogP contribution < -0.4 is 5.32 Å². The van der Waals surface area contributed by atoms with Crippen molar-refractivity contribution >= 4 is 11.6 Å². The highest BCUT2D eigenvalue weighted by atomic mass is 35.5. The van der Waals surface area contributed by atoms with Gasteiger partial charge >= 0.3 is 0 Å². The van der Waals surface area contributed by atoms with Crippen molar-refractivity contribution in [3.05, 3.63) is 34.6 Å². The summed E-state index contributed by atoms with van der Waals surface area (Å²) in [6.07, 6.45) is 5.99. The average molecular weight is 300 g/mol. The molecule has 20 heavy (non-hydrogen) atoms. The van der Waals surface area contributed by atoms with Crippen LogP contribution >= 0.6 is 11.6 Å². The van der Waals surface area contributed by atoms with Crippen LogP contribution in [0.2, 0.25) is 5.02 Å². The van der Waals surface area contributed by atoms with E-state index < -0.39 is 0 Å². The maximum absolute atomic E-state index is 13.0. The van der Waals surface area contributed by atoms with Gasteiger partial charge in [0.15, 0.2) is 0 Å². The van der Waals surface area contributed by atoms with Crippen LogP contribution in [0.4, 0.5) is 4.39 Å². The Bertz CT molecular complexity index is 419. The monoisotopic (exact) mass is 299 g/mol. The summed E-state index contributed by atoms with van der Waals surface area (Å²) in [4.78, 5) is 0. The molecule has 0 heterocycles. The third kappa shape index (κ3) is 4.72. The van der Waals surface area contributed by atoms with Gasteiger partial charge in [0.25, 0.3) is 0 Å². The summed E-state index contributed by atoms with van der Waals surface area (Å²) in [5.41, 5.74) is 0.860. The molecule has 1 fully saturated rings. The molecule has 0 aliphatic heterocycles. The zero-order chi connectivity index (χ0) is 14.4. The number of hydrogen-bond acceptors (Lipinski definition) is 2. The molecule has 0 unspecified atom stereocenters. The first-order valence-corrected chi connectivity index (χ1v) is 7.85. The summed E-state index contributed by atoms with van der Waals surface area (Å²) in [7, 11) is 0. The molecule has 0 aromatic heterocycles. The molecule has 2 rings (SSSR count). The SMILES string of the molecule is CCCNC1CCC(OCc2ccc(F)cc2Cl)CC1. The quantitative estimate of drug-likeness (QED) is 0.845. The maximum Gasteiger partial charge on any atom is 0.124 e. The largest absolute Gasteiger partial charge is 0.373 e. The highest BCUT2D eigenvalue weighted by Crippen LogP contribution is 2.24. The van der Waals surface area contributed by atoms with E-state index in [0.29, 0.717) is 23.8 Å². The molecule has 112 valence electrons. The second-order valence-electron chi connectivity index (χ2n) is 5.47. The normalized spacial score (nSPS) is 22.9. The average Bonchev–Trinajstić information content (AvgIpc) is 2.45. The van der Waals surface area contributed by atoms with Crippen molar-refractivity contribution in [1.29, 1.82) is 0 Å². The molecule has 2 nitrogen and oxygen atoms in total. The molecule has 1 aliphatic rings. The lowest BCUT2D eigenvalue weighted by molar-refractivity contribution is 0.0114. The van der Waals surface area contributed by atoms with Gasteiger partial charge in [-0.15, -0.1) is 0 Å². The Balaban J connectivity index is 1.73. The minimum Gasteiger partial charge on any atom is -0.373 e. The van der Waals surface area contributed by atoms with Gasteiger partial charge in [0.2, 0.25) is 0 Å². The van der Waals surface area contributed by atoms with Gasteiger partial charge in [0.1, 0.15) is 5.82 Å². The van der Waals surface area contributed by atoms with Gasteiger partial charge in [0.05, 0.1) is 12.7 Å². The van der Waals surface area contributed by atoms with Gasteiger partial charge in [-0.2, -0.15) is 0 Å². The van der Waals surface area contributed by atoms with E-state index in [1.165, 1.54) is 31.4 Å². The first kappa shape index (κ1) is 15.7.